The lowest BCUT2D eigenvalue weighted by Crippen LogP contribution is -2.10. The fourth-order valence-corrected chi connectivity index (χ4v) is 8.04. The molecule has 1 heteroatoms. The molecule has 0 saturated heterocycles. The van der Waals surface area contributed by atoms with Crippen LogP contribution in [0.2, 0.25) is 0 Å². The van der Waals surface area contributed by atoms with Gasteiger partial charge in [0.15, 0.2) is 0 Å². The smallest absolute Gasteiger partial charge is 0.0467 e. The fourth-order valence-electron chi connectivity index (χ4n) is 8.04. The van der Waals surface area contributed by atoms with Crippen molar-refractivity contribution in [2.24, 2.45) is 0 Å². The molecule has 55 heavy (non-hydrogen) atoms. The second-order valence-electron chi connectivity index (χ2n) is 14.2. The second-order valence-corrected chi connectivity index (χ2v) is 14.2. The number of anilines is 3. The Hall–Kier alpha value is -7.22. The molecule has 0 atom stereocenters. The van der Waals surface area contributed by atoms with Crippen LogP contribution in [-0.2, 0) is 0 Å². The van der Waals surface area contributed by atoms with Crippen molar-refractivity contribution in [3.05, 3.63) is 224 Å². The second kappa shape index (κ2) is 14.0. The zero-order valence-electron chi connectivity index (χ0n) is 30.3. The van der Waals surface area contributed by atoms with Gasteiger partial charge in [-0.2, -0.15) is 0 Å². The number of benzene rings is 10. The van der Waals surface area contributed by atoms with Crippen LogP contribution in [0.3, 0.4) is 0 Å². The quantitative estimate of drug-likeness (QED) is 0.150. The predicted octanol–water partition coefficient (Wildman–Crippen LogP) is 15.3. The third kappa shape index (κ3) is 6.22. The van der Waals surface area contributed by atoms with E-state index >= 15 is 0 Å². The number of nitrogens with zero attached hydrogens (tertiary/aromatic N) is 1. The molecule has 1 nitrogen and oxygen atoms in total. The van der Waals surface area contributed by atoms with Gasteiger partial charge in [-0.3, -0.25) is 0 Å². The van der Waals surface area contributed by atoms with Crippen molar-refractivity contribution in [2.75, 3.05) is 4.90 Å². The van der Waals surface area contributed by atoms with Crippen LogP contribution in [0.5, 0.6) is 0 Å². The SMILES string of the molecule is c1ccc(-c2cccc(-c3ccc(N(c4ccc(-c5cc6ccccc6c6ccccc56)cc4)c4cccc(-c5ccc6ccccc6c5)c4)cc3)c2)cc1. The zero-order valence-corrected chi connectivity index (χ0v) is 30.3. The molecule has 0 amide bonds. The molecule has 0 aliphatic heterocycles. The lowest BCUT2D eigenvalue weighted by molar-refractivity contribution is 1.28. The van der Waals surface area contributed by atoms with E-state index in [1.54, 1.807) is 0 Å². The van der Waals surface area contributed by atoms with Gasteiger partial charge in [-0.25, -0.2) is 0 Å². The van der Waals surface area contributed by atoms with E-state index in [-0.39, 0.29) is 0 Å². The average Bonchev–Trinajstić information content (AvgIpc) is 3.27. The van der Waals surface area contributed by atoms with Crippen LogP contribution in [0.25, 0.3) is 76.8 Å². The topological polar surface area (TPSA) is 3.24 Å². The van der Waals surface area contributed by atoms with E-state index in [4.69, 9.17) is 0 Å². The summed E-state index contributed by atoms with van der Waals surface area (Å²) in [5, 5.41) is 7.57. The van der Waals surface area contributed by atoms with E-state index in [9.17, 15) is 0 Å². The molecule has 0 fully saturated rings. The van der Waals surface area contributed by atoms with Gasteiger partial charge in [0.05, 0.1) is 0 Å². The fraction of sp³-hybridized carbons (Fsp3) is 0. The van der Waals surface area contributed by atoms with E-state index in [0.29, 0.717) is 0 Å². The normalized spacial score (nSPS) is 11.3. The minimum absolute atomic E-state index is 1.10. The van der Waals surface area contributed by atoms with Crippen LogP contribution < -0.4 is 4.90 Å². The lowest BCUT2D eigenvalue weighted by Gasteiger charge is -2.26. The molecule has 0 heterocycles. The van der Waals surface area contributed by atoms with Gasteiger partial charge < -0.3 is 4.90 Å². The van der Waals surface area contributed by atoms with Crippen molar-refractivity contribution < 1.29 is 0 Å². The average molecular weight is 700 g/mol. The first-order chi connectivity index (χ1) is 27.2. The molecule has 0 bridgehead atoms. The van der Waals surface area contributed by atoms with Crippen LogP contribution in [0.1, 0.15) is 0 Å². The van der Waals surface area contributed by atoms with Crippen LogP contribution in [0, 0.1) is 0 Å². The highest BCUT2D eigenvalue weighted by Crippen LogP contribution is 2.40. The van der Waals surface area contributed by atoms with Crippen LogP contribution in [0.15, 0.2) is 224 Å². The van der Waals surface area contributed by atoms with Crippen molar-refractivity contribution in [1.29, 1.82) is 0 Å². The van der Waals surface area contributed by atoms with E-state index in [1.165, 1.54) is 76.8 Å². The van der Waals surface area contributed by atoms with Gasteiger partial charge in [0, 0.05) is 17.1 Å². The van der Waals surface area contributed by atoms with E-state index in [1.807, 2.05) is 0 Å². The van der Waals surface area contributed by atoms with Crippen LogP contribution >= 0.6 is 0 Å². The minimum atomic E-state index is 1.10. The Kier molecular flexibility index (Phi) is 8.24. The van der Waals surface area contributed by atoms with Crippen molar-refractivity contribution in [2.45, 2.75) is 0 Å². The summed E-state index contributed by atoms with van der Waals surface area (Å²) in [4.78, 5) is 2.37. The van der Waals surface area contributed by atoms with Crippen molar-refractivity contribution in [1.82, 2.24) is 0 Å². The molecule has 258 valence electrons. The first kappa shape index (κ1) is 32.4. The van der Waals surface area contributed by atoms with Crippen LogP contribution in [-0.4, -0.2) is 0 Å². The maximum absolute atomic E-state index is 2.37. The van der Waals surface area contributed by atoms with Gasteiger partial charge >= 0.3 is 0 Å². The summed E-state index contributed by atoms with van der Waals surface area (Å²) >= 11 is 0. The van der Waals surface area contributed by atoms with Gasteiger partial charge in [-0.1, -0.05) is 170 Å². The number of hydrogen-bond acceptors (Lipinski definition) is 1. The van der Waals surface area contributed by atoms with Crippen molar-refractivity contribution in [3.63, 3.8) is 0 Å². The highest BCUT2D eigenvalue weighted by atomic mass is 15.1. The molecule has 0 N–H and O–H groups in total. The Balaban J connectivity index is 1.07. The Morgan fingerprint density at radius 2 is 0.709 bits per heavy atom. The predicted molar refractivity (Wildman–Crippen MR) is 235 cm³/mol. The third-order valence-electron chi connectivity index (χ3n) is 10.8. The number of fused-ring (bicyclic) bond motifs is 4. The summed E-state index contributed by atoms with van der Waals surface area (Å²) < 4.78 is 0. The monoisotopic (exact) mass is 699 g/mol. The molecule has 0 aliphatic carbocycles. The third-order valence-corrected chi connectivity index (χ3v) is 10.8. The molecular formula is C54H37N. The molecule has 0 unspecified atom stereocenters. The number of hydrogen-bond donors (Lipinski definition) is 0. The largest absolute Gasteiger partial charge is 0.310 e. The molecule has 10 aromatic carbocycles. The summed E-state index contributed by atoms with van der Waals surface area (Å²) in [6, 6.07) is 81.4. The Labute approximate surface area is 322 Å². The molecule has 0 radical (unpaired) electrons. The molecule has 10 aromatic rings. The highest BCUT2D eigenvalue weighted by molar-refractivity contribution is 6.13. The summed E-state index contributed by atoms with van der Waals surface area (Å²) in [6.45, 7) is 0. The maximum atomic E-state index is 2.37. The molecule has 0 aromatic heterocycles. The van der Waals surface area contributed by atoms with Crippen molar-refractivity contribution in [3.8, 4) is 44.5 Å². The number of rotatable bonds is 7. The minimum Gasteiger partial charge on any atom is -0.310 e. The van der Waals surface area contributed by atoms with E-state index < -0.39 is 0 Å². The molecular weight excluding hydrogens is 663 g/mol. The van der Waals surface area contributed by atoms with E-state index in [0.717, 1.165) is 17.1 Å². The van der Waals surface area contributed by atoms with Gasteiger partial charge in [-0.05, 0) is 131 Å². The van der Waals surface area contributed by atoms with E-state index in [2.05, 4.69) is 229 Å². The summed E-state index contributed by atoms with van der Waals surface area (Å²) in [7, 11) is 0. The first-order valence-corrected chi connectivity index (χ1v) is 18.9. The highest BCUT2D eigenvalue weighted by Gasteiger charge is 2.16. The van der Waals surface area contributed by atoms with Crippen molar-refractivity contribution >= 4 is 49.4 Å². The lowest BCUT2D eigenvalue weighted by atomic mass is 9.93. The first-order valence-electron chi connectivity index (χ1n) is 18.9. The zero-order chi connectivity index (χ0) is 36.6. The van der Waals surface area contributed by atoms with Gasteiger partial charge in [0.25, 0.3) is 0 Å². The Bertz CT molecular complexity index is 2960. The van der Waals surface area contributed by atoms with Gasteiger partial charge in [0.1, 0.15) is 0 Å². The Morgan fingerprint density at radius 3 is 1.44 bits per heavy atom. The summed E-state index contributed by atoms with van der Waals surface area (Å²) in [5.41, 5.74) is 13.0. The molecule has 0 aliphatic rings. The summed E-state index contributed by atoms with van der Waals surface area (Å²) in [6.07, 6.45) is 0. The van der Waals surface area contributed by atoms with Crippen LogP contribution in [0.4, 0.5) is 17.1 Å². The molecule has 0 spiro atoms. The standard InChI is InChI=1S/C54H37N/c1-2-12-38(13-3-1)43-17-10-18-44(34-43)40-26-30-48(31-27-40)55(50-20-11-19-45(36-50)46-25-24-39-14-4-5-15-42(39)35-46)49-32-28-41(29-33-49)54-37-47-16-6-7-21-51(47)52-22-8-9-23-53(52)54/h1-37H. The molecule has 10 rings (SSSR count). The summed E-state index contributed by atoms with van der Waals surface area (Å²) in [5.74, 6) is 0. The van der Waals surface area contributed by atoms with Gasteiger partial charge in [0.2, 0.25) is 0 Å². The maximum Gasteiger partial charge on any atom is 0.0467 e. The Morgan fingerprint density at radius 1 is 0.218 bits per heavy atom. The molecule has 0 saturated carbocycles. The van der Waals surface area contributed by atoms with Gasteiger partial charge in [-0.15, -0.1) is 0 Å².